The smallest absolute Gasteiger partial charge is 0.490 e. The van der Waals surface area contributed by atoms with Gasteiger partial charge in [-0.25, -0.2) is 4.79 Å². The molecule has 0 aliphatic rings. The molecule has 0 saturated heterocycles. The van der Waals surface area contributed by atoms with E-state index in [1.807, 2.05) is 20.8 Å². The molecule has 10 heteroatoms. The van der Waals surface area contributed by atoms with Gasteiger partial charge >= 0.3 is 6.16 Å². The van der Waals surface area contributed by atoms with Gasteiger partial charge in [-0.15, -0.1) is 0 Å². The van der Waals surface area contributed by atoms with Crippen LogP contribution in [0.1, 0.15) is 48.4 Å². The van der Waals surface area contributed by atoms with Gasteiger partial charge in [0, 0.05) is 11.1 Å². The SMILES string of the molecule is CCOC(=O)Oc1ccc(C(=O)Nc2ccccc2NC(=O)c2cc(OCC)c(OCC)c(OCC)c2)cc1. The Bertz CT molecular complexity index is 1260. The lowest BCUT2D eigenvalue weighted by Crippen LogP contribution is -2.17. The van der Waals surface area contributed by atoms with Crippen LogP contribution < -0.4 is 29.6 Å². The molecule has 0 spiro atoms. The second-order valence-electron chi connectivity index (χ2n) is 7.86. The predicted octanol–water partition coefficient (Wildman–Crippen LogP) is 5.92. The van der Waals surface area contributed by atoms with E-state index in [0.29, 0.717) is 59.6 Å². The Morgan fingerprint density at radius 3 is 1.64 bits per heavy atom. The second-order valence-corrected chi connectivity index (χ2v) is 7.86. The maximum Gasteiger partial charge on any atom is 0.513 e. The van der Waals surface area contributed by atoms with Crippen LogP contribution in [-0.2, 0) is 4.74 Å². The number of hydrogen-bond donors (Lipinski definition) is 2. The molecule has 3 rings (SSSR count). The van der Waals surface area contributed by atoms with Crippen molar-refractivity contribution >= 4 is 29.3 Å². The van der Waals surface area contributed by atoms with E-state index in [4.69, 9.17) is 23.7 Å². The van der Waals surface area contributed by atoms with Gasteiger partial charge in [0.25, 0.3) is 11.8 Å². The first-order valence-electron chi connectivity index (χ1n) is 12.6. The topological polar surface area (TPSA) is 121 Å². The van der Waals surface area contributed by atoms with E-state index in [9.17, 15) is 14.4 Å². The number of para-hydroxylation sites is 2. The van der Waals surface area contributed by atoms with Crippen molar-refractivity contribution in [3.05, 3.63) is 71.8 Å². The van der Waals surface area contributed by atoms with Gasteiger partial charge in [0.1, 0.15) is 5.75 Å². The molecule has 0 aromatic heterocycles. The molecule has 0 bridgehead atoms. The van der Waals surface area contributed by atoms with Crippen LogP contribution in [0.5, 0.6) is 23.0 Å². The fourth-order valence-electron chi connectivity index (χ4n) is 3.53. The van der Waals surface area contributed by atoms with Crippen molar-refractivity contribution in [2.45, 2.75) is 27.7 Å². The number of rotatable bonds is 12. The summed E-state index contributed by atoms with van der Waals surface area (Å²) in [7, 11) is 0. The first-order chi connectivity index (χ1) is 18.9. The van der Waals surface area contributed by atoms with E-state index in [0.717, 1.165) is 0 Å². The molecule has 0 atom stereocenters. The molecule has 0 fully saturated rings. The molecule has 0 aliphatic heterocycles. The van der Waals surface area contributed by atoms with Gasteiger partial charge in [0.2, 0.25) is 5.75 Å². The van der Waals surface area contributed by atoms with E-state index >= 15 is 0 Å². The Hall–Kier alpha value is -4.73. The number of carbonyl (C=O) groups is 3. The zero-order valence-corrected chi connectivity index (χ0v) is 22.4. The molecule has 3 aromatic rings. The summed E-state index contributed by atoms with van der Waals surface area (Å²) in [5, 5.41) is 5.64. The van der Waals surface area contributed by atoms with Crippen molar-refractivity contribution in [1.82, 2.24) is 0 Å². The van der Waals surface area contributed by atoms with Crippen LogP contribution >= 0.6 is 0 Å². The number of benzene rings is 3. The van der Waals surface area contributed by atoms with Crippen LogP contribution in [0.3, 0.4) is 0 Å². The number of anilines is 2. The molecular formula is C29H32N2O8. The maximum atomic E-state index is 13.2. The summed E-state index contributed by atoms with van der Waals surface area (Å²) in [6.07, 6.45) is -0.825. The first-order valence-corrected chi connectivity index (χ1v) is 12.6. The molecule has 0 heterocycles. The largest absolute Gasteiger partial charge is 0.513 e. The Labute approximate surface area is 227 Å². The summed E-state index contributed by atoms with van der Waals surface area (Å²) in [6, 6.07) is 16.0. The summed E-state index contributed by atoms with van der Waals surface area (Å²) in [4.78, 5) is 37.6. The Morgan fingerprint density at radius 2 is 1.15 bits per heavy atom. The van der Waals surface area contributed by atoms with Gasteiger partial charge in [-0.3, -0.25) is 9.59 Å². The third-order valence-electron chi connectivity index (χ3n) is 5.17. The van der Waals surface area contributed by atoms with E-state index in [-0.39, 0.29) is 12.4 Å². The van der Waals surface area contributed by atoms with Crippen molar-refractivity contribution in [2.75, 3.05) is 37.1 Å². The van der Waals surface area contributed by atoms with Crippen molar-refractivity contribution in [3.63, 3.8) is 0 Å². The van der Waals surface area contributed by atoms with Gasteiger partial charge in [-0.1, -0.05) is 12.1 Å². The van der Waals surface area contributed by atoms with E-state index < -0.39 is 18.0 Å². The van der Waals surface area contributed by atoms with Gasteiger partial charge in [-0.2, -0.15) is 0 Å². The van der Waals surface area contributed by atoms with Crippen molar-refractivity contribution in [1.29, 1.82) is 0 Å². The number of ether oxygens (including phenoxy) is 5. The summed E-state index contributed by atoms with van der Waals surface area (Å²) in [5.41, 5.74) is 1.40. The Balaban J connectivity index is 1.79. The lowest BCUT2D eigenvalue weighted by Gasteiger charge is -2.17. The average molecular weight is 537 g/mol. The molecule has 0 unspecified atom stereocenters. The van der Waals surface area contributed by atoms with Crippen molar-refractivity contribution in [3.8, 4) is 23.0 Å². The minimum absolute atomic E-state index is 0.190. The minimum atomic E-state index is -0.825. The van der Waals surface area contributed by atoms with Crippen LogP contribution in [0.4, 0.5) is 16.2 Å². The molecule has 2 amide bonds. The highest BCUT2D eigenvalue weighted by molar-refractivity contribution is 6.10. The van der Waals surface area contributed by atoms with Gasteiger partial charge in [0.05, 0.1) is 37.8 Å². The van der Waals surface area contributed by atoms with Crippen molar-refractivity contribution < 1.29 is 38.1 Å². The molecule has 0 aliphatic carbocycles. The normalized spacial score (nSPS) is 10.3. The summed E-state index contributed by atoms with van der Waals surface area (Å²) < 4.78 is 26.9. The highest BCUT2D eigenvalue weighted by Gasteiger charge is 2.19. The molecule has 0 radical (unpaired) electrons. The van der Waals surface area contributed by atoms with E-state index in [1.54, 1.807) is 43.3 Å². The number of carbonyl (C=O) groups excluding carboxylic acids is 3. The predicted molar refractivity (Wildman–Crippen MR) is 146 cm³/mol. The molecule has 39 heavy (non-hydrogen) atoms. The van der Waals surface area contributed by atoms with E-state index in [2.05, 4.69) is 10.6 Å². The summed E-state index contributed by atoms with van der Waals surface area (Å²) >= 11 is 0. The van der Waals surface area contributed by atoms with Crippen LogP contribution in [0, 0.1) is 0 Å². The van der Waals surface area contributed by atoms with Gasteiger partial charge in [0.15, 0.2) is 11.5 Å². The third kappa shape index (κ3) is 7.88. The number of nitrogens with one attached hydrogen (secondary N) is 2. The second kappa shape index (κ2) is 14.3. The van der Waals surface area contributed by atoms with Crippen LogP contribution in [0.2, 0.25) is 0 Å². The molecule has 10 nitrogen and oxygen atoms in total. The zero-order valence-electron chi connectivity index (χ0n) is 22.4. The van der Waals surface area contributed by atoms with E-state index in [1.165, 1.54) is 24.3 Å². The summed E-state index contributed by atoms with van der Waals surface area (Å²) in [5.74, 6) is 0.620. The maximum absolute atomic E-state index is 13.2. The highest BCUT2D eigenvalue weighted by atomic mass is 16.7. The van der Waals surface area contributed by atoms with Crippen LogP contribution in [-0.4, -0.2) is 44.4 Å². The minimum Gasteiger partial charge on any atom is -0.490 e. The fourth-order valence-corrected chi connectivity index (χ4v) is 3.53. The van der Waals surface area contributed by atoms with Crippen LogP contribution in [0.25, 0.3) is 0 Å². The lowest BCUT2D eigenvalue weighted by molar-refractivity contribution is 0.101. The van der Waals surface area contributed by atoms with Crippen molar-refractivity contribution in [2.24, 2.45) is 0 Å². The zero-order chi connectivity index (χ0) is 28.2. The highest BCUT2D eigenvalue weighted by Crippen LogP contribution is 2.39. The van der Waals surface area contributed by atoms with Crippen LogP contribution in [0.15, 0.2) is 60.7 Å². The van der Waals surface area contributed by atoms with Gasteiger partial charge < -0.3 is 34.3 Å². The molecular weight excluding hydrogens is 504 g/mol. The molecule has 3 aromatic carbocycles. The van der Waals surface area contributed by atoms with Gasteiger partial charge in [-0.05, 0) is 76.2 Å². The standard InChI is InChI=1S/C29H32N2O8/c1-5-35-24-17-20(18-25(36-6-2)26(24)37-7-3)28(33)31-23-12-10-9-11-22(23)30-27(32)19-13-15-21(16-14-19)39-29(34)38-8-4/h9-18H,5-8H2,1-4H3,(H,30,32)(H,31,33). The first kappa shape index (κ1) is 28.8. The molecule has 206 valence electrons. The fraction of sp³-hybridized carbons (Fsp3) is 0.276. The molecule has 0 saturated carbocycles. The Morgan fingerprint density at radius 1 is 0.641 bits per heavy atom. The monoisotopic (exact) mass is 536 g/mol. The lowest BCUT2D eigenvalue weighted by atomic mass is 10.1. The number of amides is 2. The quantitative estimate of drug-likeness (QED) is 0.216. The third-order valence-corrected chi connectivity index (χ3v) is 5.17. The Kier molecular flexibility index (Phi) is 10.6. The average Bonchev–Trinajstić information content (AvgIpc) is 2.92. The molecule has 2 N–H and O–H groups in total. The number of hydrogen-bond acceptors (Lipinski definition) is 8. The summed E-state index contributed by atoms with van der Waals surface area (Å²) in [6.45, 7) is 8.54.